The number of nitriles is 1. The molecule has 0 aliphatic carbocycles. The molecule has 1 N–H and O–H groups in total. The second-order valence-corrected chi connectivity index (χ2v) is 5.51. The number of benzene rings is 2. The van der Waals surface area contributed by atoms with Gasteiger partial charge in [0.25, 0.3) is 0 Å². The van der Waals surface area contributed by atoms with E-state index in [1.54, 1.807) is 18.3 Å². The third-order valence-electron chi connectivity index (χ3n) is 3.49. The molecule has 0 saturated carbocycles. The van der Waals surface area contributed by atoms with Crippen molar-refractivity contribution in [1.82, 2.24) is 4.98 Å². The summed E-state index contributed by atoms with van der Waals surface area (Å²) in [5, 5.41) is 13.0. The molecule has 23 heavy (non-hydrogen) atoms. The van der Waals surface area contributed by atoms with E-state index in [4.69, 9.17) is 16.9 Å². The lowest BCUT2D eigenvalue weighted by Crippen LogP contribution is -2.13. The van der Waals surface area contributed by atoms with E-state index in [1.807, 2.05) is 54.6 Å². The first-order valence-electron chi connectivity index (χ1n) is 7.19. The molecule has 0 aliphatic rings. The number of nitrogens with zero attached hydrogens (tertiary/aromatic N) is 2. The van der Waals surface area contributed by atoms with E-state index in [0.717, 1.165) is 16.9 Å². The van der Waals surface area contributed by atoms with Gasteiger partial charge in [0.05, 0.1) is 23.4 Å². The zero-order valence-electron chi connectivity index (χ0n) is 12.3. The fraction of sp³-hybridized carbons (Fsp3) is 0.0526. The fourth-order valence-corrected chi connectivity index (χ4v) is 2.57. The van der Waals surface area contributed by atoms with E-state index in [-0.39, 0.29) is 6.04 Å². The number of aromatic nitrogens is 1. The molecule has 0 amide bonds. The van der Waals surface area contributed by atoms with Crippen molar-refractivity contribution in [2.24, 2.45) is 0 Å². The van der Waals surface area contributed by atoms with Crippen molar-refractivity contribution in [3.05, 3.63) is 94.8 Å². The van der Waals surface area contributed by atoms with Gasteiger partial charge in [-0.3, -0.25) is 4.98 Å². The van der Waals surface area contributed by atoms with Crippen LogP contribution in [0.3, 0.4) is 0 Å². The van der Waals surface area contributed by atoms with E-state index in [0.29, 0.717) is 10.6 Å². The Labute approximate surface area is 140 Å². The number of rotatable bonds is 4. The SMILES string of the molecule is N#Cc1ccc(NC(c2cccc(Cl)c2)c2ccccn2)cc1. The molecule has 0 spiro atoms. The van der Waals surface area contributed by atoms with Crippen LogP contribution in [-0.4, -0.2) is 4.98 Å². The van der Waals surface area contributed by atoms with Crippen LogP contribution < -0.4 is 5.32 Å². The average molecular weight is 320 g/mol. The first kappa shape index (κ1) is 15.1. The van der Waals surface area contributed by atoms with E-state index in [1.165, 1.54) is 0 Å². The summed E-state index contributed by atoms with van der Waals surface area (Å²) in [6.45, 7) is 0. The van der Waals surface area contributed by atoms with Gasteiger partial charge in [0.15, 0.2) is 0 Å². The van der Waals surface area contributed by atoms with Crippen molar-refractivity contribution in [3.8, 4) is 6.07 Å². The molecule has 0 radical (unpaired) electrons. The molecular weight excluding hydrogens is 306 g/mol. The second-order valence-electron chi connectivity index (χ2n) is 5.08. The summed E-state index contributed by atoms with van der Waals surface area (Å²) >= 11 is 6.13. The van der Waals surface area contributed by atoms with Crippen LogP contribution in [0, 0.1) is 11.3 Å². The van der Waals surface area contributed by atoms with Crippen LogP contribution in [0.1, 0.15) is 22.9 Å². The highest BCUT2D eigenvalue weighted by Crippen LogP contribution is 2.27. The van der Waals surface area contributed by atoms with Crippen molar-refractivity contribution >= 4 is 17.3 Å². The Morgan fingerprint density at radius 1 is 1.00 bits per heavy atom. The van der Waals surface area contributed by atoms with Crippen molar-refractivity contribution in [1.29, 1.82) is 5.26 Å². The van der Waals surface area contributed by atoms with Gasteiger partial charge < -0.3 is 5.32 Å². The van der Waals surface area contributed by atoms with E-state index in [9.17, 15) is 0 Å². The van der Waals surface area contributed by atoms with E-state index >= 15 is 0 Å². The third-order valence-corrected chi connectivity index (χ3v) is 3.73. The van der Waals surface area contributed by atoms with E-state index < -0.39 is 0 Å². The van der Waals surface area contributed by atoms with Crippen LogP contribution in [0.15, 0.2) is 72.9 Å². The van der Waals surface area contributed by atoms with Gasteiger partial charge in [0, 0.05) is 16.9 Å². The topological polar surface area (TPSA) is 48.7 Å². The first-order chi connectivity index (χ1) is 11.3. The number of hydrogen-bond acceptors (Lipinski definition) is 3. The van der Waals surface area contributed by atoms with Crippen molar-refractivity contribution in [2.75, 3.05) is 5.32 Å². The zero-order chi connectivity index (χ0) is 16.1. The standard InChI is InChI=1S/C19H14ClN3/c20-16-5-3-4-15(12-16)19(18-6-1-2-11-22-18)23-17-9-7-14(13-21)8-10-17/h1-12,19,23H. The molecule has 1 atom stereocenters. The van der Waals surface area contributed by atoms with Crippen LogP contribution in [0.4, 0.5) is 5.69 Å². The van der Waals surface area contributed by atoms with Crippen LogP contribution in [0.25, 0.3) is 0 Å². The Morgan fingerprint density at radius 2 is 1.83 bits per heavy atom. The molecule has 4 heteroatoms. The normalized spacial score (nSPS) is 11.5. The monoisotopic (exact) mass is 319 g/mol. The Hall–Kier alpha value is -2.83. The van der Waals surface area contributed by atoms with Gasteiger partial charge >= 0.3 is 0 Å². The Balaban J connectivity index is 1.96. The Morgan fingerprint density at radius 3 is 2.48 bits per heavy atom. The van der Waals surface area contributed by atoms with Crippen LogP contribution in [-0.2, 0) is 0 Å². The lowest BCUT2D eigenvalue weighted by atomic mass is 10.0. The first-order valence-corrected chi connectivity index (χ1v) is 7.57. The zero-order valence-corrected chi connectivity index (χ0v) is 13.0. The minimum atomic E-state index is -0.122. The minimum Gasteiger partial charge on any atom is -0.373 e. The molecule has 3 rings (SSSR count). The number of halogens is 1. The van der Waals surface area contributed by atoms with Gasteiger partial charge in [-0.05, 0) is 54.1 Å². The molecule has 3 aromatic rings. The predicted octanol–water partition coefficient (Wildman–Crippen LogP) is 4.81. The molecule has 1 aromatic heterocycles. The summed E-state index contributed by atoms with van der Waals surface area (Å²) in [6, 6.07) is 22.9. The molecule has 112 valence electrons. The maximum atomic E-state index is 8.90. The molecule has 0 aliphatic heterocycles. The fourth-order valence-electron chi connectivity index (χ4n) is 2.37. The highest BCUT2D eigenvalue weighted by Gasteiger charge is 2.15. The highest BCUT2D eigenvalue weighted by molar-refractivity contribution is 6.30. The van der Waals surface area contributed by atoms with Gasteiger partial charge in [0.1, 0.15) is 0 Å². The van der Waals surface area contributed by atoms with Crippen LogP contribution in [0.2, 0.25) is 5.02 Å². The Kier molecular flexibility index (Phi) is 4.56. The van der Waals surface area contributed by atoms with Gasteiger partial charge in [-0.15, -0.1) is 0 Å². The predicted molar refractivity (Wildman–Crippen MR) is 92.3 cm³/mol. The van der Waals surface area contributed by atoms with Gasteiger partial charge in [-0.1, -0.05) is 29.8 Å². The molecular formula is C19H14ClN3. The van der Waals surface area contributed by atoms with Gasteiger partial charge in [-0.2, -0.15) is 5.26 Å². The van der Waals surface area contributed by atoms with Gasteiger partial charge in [0.2, 0.25) is 0 Å². The summed E-state index contributed by atoms with van der Waals surface area (Å²) in [4.78, 5) is 4.46. The summed E-state index contributed by atoms with van der Waals surface area (Å²) in [5.41, 5.74) is 3.48. The van der Waals surface area contributed by atoms with Gasteiger partial charge in [-0.25, -0.2) is 0 Å². The average Bonchev–Trinajstić information content (AvgIpc) is 2.61. The molecule has 0 bridgehead atoms. The summed E-state index contributed by atoms with van der Waals surface area (Å²) in [5.74, 6) is 0. The molecule has 0 saturated heterocycles. The largest absolute Gasteiger partial charge is 0.373 e. The van der Waals surface area contributed by atoms with Crippen LogP contribution >= 0.6 is 11.6 Å². The lowest BCUT2D eigenvalue weighted by molar-refractivity contribution is 0.887. The molecule has 2 aromatic carbocycles. The molecule has 0 fully saturated rings. The van der Waals surface area contributed by atoms with Crippen LogP contribution in [0.5, 0.6) is 0 Å². The number of pyridine rings is 1. The third kappa shape index (κ3) is 3.68. The Bertz CT molecular complexity index is 823. The van der Waals surface area contributed by atoms with E-state index in [2.05, 4.69) is 16.4 Å². The maximum absolute atomic E-state index is 8.90. The smallest absolute Gasteiger partial charge is 0.0991 e. The minimum absolute atomic E-state index is 0.122. The summed E-state index contributed by atoms with van der Waals surface area (Å²) in [7, 11) is 0. The number of nitrogens with one attached hydrogen (secondary N) is 1. The van der Waals surface area contributed by atoms with Crippen molar-refractivity contribution < 1.29 is 0 Å². The maximum Gasteiger partial charge on any atom is 0.0991 e. The quantitative estimate of drug-likeness (QED) is 0.750. The summed E-state index contributed by atoms with van der Waals surface area (Å²) in [6.07, 6.45) is 1.77. The molecule has 3 nitrogen and oxygen atoms in total. The van der Waals surface area contributed by atoms with Crippen molar-refractivity contribution in [2.45, 2.75) is 6.04 Å². The lowest BCUT2D eigenvalue weighted by Gasteiger charge is -2.20. The molecule has 1 unspecified atom stereocenters. The summed E-state index contributed by atoms with van der Waals surface area (Å²) < 4.78 is 0. The van der Waals surface area contributed by atoms with Crippen molar-refractivity contribution in [3.63, 3.8) is 0 Å². The number of hydrogen-bond donors (Lipinski definition) is 1. The molecule has 1 heterocycles. The number of anilines is 1. The second kappa shape index (κ2) is 6.95. The highest BCUT2D eigenvalue weighted by atomic mass is 35.5.